The van der Waals surface area contributed by atoms with Crippen molar-refractivity contribution in [3.8, 4) is 0 Å². The number of carbonyl (C=O) groups excluding carboxylic acids is 1. The molecule has 1 aromatic heterocycles. The molecular weight excluding hydrogens is 252 g/mol. The van der Waals surface area contributed by atoms with Crippen molar-refractivity contribution in [1.82, 2.24) is 20.0 Å². The number of piperidine rings is 1. The summed E-state index contributed by atoms with van der Waals surface area (Å²) in [4.78, 5) is 14.5. The minimum absolute atomic E-state index is 0.0519. The molecule has 0 aliphatic carbocycles. The number of likely N-dealkylation sites (tertiary alicyclic amines) is 1. The fourth-order valence-electron chi connectivity index (χ4n) is 2.82. The van der Waals surface area contributed by atoms with Crippen LogP contribution in [0.1, 0.15) is 49.8 Å². The van der Waals surface area contributed by atoms with Crippen LogP contribution in [0.5, 0.6) is 0 Å². The lowest BCUT2D eigenvalue weighted by molar-refractivity contribution is 0.0690. The number of likely N-dealkylation sites (N-methyl/N-ethyl adjacent to an activating group) is 1. The Kier molecular flexibility index (Phi) is 4.18. The quantitative estimate of drug-likeness (QED) is 0.897. The van der Waals surface area contributed by atoms with E-state index in [-0.39, 0.29) is 11.4 Å². The zero-order chi connectivity index (χ0) is 14.9. The molecule has 1 aromatic rings. The third kappa shape index (κ3) is 3.03. The lowest BCUT2D eigenvalue weighted by atomic mass is 10.1. The third-order valence-electron chi connectivity index (χ3n) is 3.86. The molecule has 0 radical (unpaired) electrons. The van der Waals surface area contributed by atoms with Crippen LogP contribution in [0, 0.1) is 6.92 Å². The summed E-state index contributed by atoms with van der Waals surface area (Å²) < 4.78 is 1.93. The second-order valence-corrected chi connectivity index (χ2v) is 6.63. The molecule has 1 N–H and O–H groups in total. The summed E-state index contributed by atoms with van der Waals surface area (Å²) in [6.45, 7) is 9.90. The molecule has 1 saturated heterocycles. The number of hydrogen-bond donors (Lipinski definition) is 1. The van der Waals surface area contributed by atoms with Crippen molar-refractivity contribution in [1.29, 1.82) is 0 Å². The Morgan fingerprint density at radius 3 is 2.70 bits per heavy atom. The topological polar surface area (TPSA) is 50.2 Å². The van der Waals surface area contributed by atoms with Crippen LogP contribution in [0.2, 0.25) is 0 Å². The number of aryl methyl sites for hydroxylation is 1. The zero-order valence-electron chi connectivity index (χ0n) is 13.2. The van der Waals surface area contributed by atoms with E-state index in [2.05, 4.69) is 31.2 Å². The van der Waals surface area contributed by atoms with Gasteiger partial charge in [0.1, 0.15) is 0 Å². The van der Waals surface area contributed by atoms with Crippen LogP contribution in [-0.2, 0) is 5.54 Å². The molecule has 1 amide bonds. The van der Waals surface area contributed by atoms with Crippen LogP contribution in [0.25, 0.3) is 0 Å². The highest BCUT2D eigenvalue weighted by Gasteiger charge is 2.27. The van der Waals surface area contributed by atoms with Gasteiger partial charge in [0, 0.05) is 24.8 Å². The van der Waals surface area contributed by atoms with Gasteiger partial charge in [-0.3, -0.25) is 9.48 Å². The van der Waals surface area contributed by atoms with Crippen LogP contribution in [0.4, 0.5) is 0 Å². The maximum atomic E-state index is 12.6. The highest BCUT2D eigenvalue weighted by Crippen LogP contribution is 2.19. The van der Waals surface area contributed by atoms with Gasteiger partial charge in [-0.05, 0) is 53.7 Å². The Morgan fingerprint density at radius 1 is 1.45 bits per heavy atom. The lowest BCUT2D eigenvalue weighted by Gasteiger charge is -2.32. The number of nitrogens with one attached hydrogen (secondary N) is 1. The number of rotatable bonds is 2. The van der Waals surface area contributed by atoms with Gasteiger partial charge in [0.2, 0.25) is 0 Å². The molecule has 1 atom stereocenters. The molecule has 1 aliphatic heterocycles. The number of amides is 1. The summed E-state index contributed by atoms with van der Waals surface area (Å²) in [6, 6.07) is 2.30. The number of hydrogen-bond acceptors (Lipinski definition) is 3. The maximum Gasteiger partial charge on any atom is 0.274 e. The van der Waals surface area contributed by atoms with Crippen LogP contribution in [-0.4, -0.2) is 46.8 Å². The van der Waals surface area contributed by atoms with E-state index in [0.717, 1.165) is 31.6 Å². The first kappa shape index (κ1) is 15.0. The summed E-state index contributed by atoms with van der Waals surface area (Å²) >= 11 is 0. The second kappa shape index (κ2) is 5.56. The van der Waals surface area contributed by atoms with E-state index in [1.807, 2.05) is 29.6 Å². The minimum atomic E-state index is -0.0992. The Balaban J connectivity index is 2.17. The van der Waals surface area contributed by atoms with Crippen LogP contribution in [0.15, 0.2) is 6.07 Å². The summed E-state index contributed by atoms with van der Waals surface area (Å²) in [5.41, 5.74) is 1.50. The predicted molar refractivity (Wildman–Crippen MR) is 79.9 cm³/mol. The van der Waals surface area contributed by atoms with E-state index in [9.17, 15) is 4.79 Å². The normalized spacial score (nSPS) is 20.2. The smallest absolute Gasteiger partial charge is 0.274 e. The zero-order valence-corrected chi connectivity index (χ0v) is 13.2. The van der Waals surface area contributed by atoms with Crippen molar-refractivity contribution in [2.75, 3.05) is 20.1 Å². The van der Waals surface area contributed by atoms with Crippen molar-refractivity contribution < 1.29 is 4.79 Å². The van der Waals surface area contributed by atoms with Gasteiger partial charge in [0.15, 0.2) is 5.69 Å². The minimum Gasteiger partial charge on any atom is -0.336 e. The molecule has 1 fully saturated rings. The highest BCUT2D eigenvalue weighted by atomic mass is 16.2. The Hall–Kier alpha value is -1.36. The Bertz CT molecular complexity index is 487. The van der Waals surface area contributed by atoms with Crippen LogP contribution in [0.3, 0.4) is 0 Å². The van der Waals surface area contributed by atoms with E-state index in [1.165, 1.54) is 0 Å². The van der Waals surface area contributed by atoms with E-state index in [0.29, 0.717) is 11.7 Å². The van der Waals surface area contributed by atoms with E-state index in [1.54, 1.807) is 0 Å². The maximum absolute atomic E-state index is 12.6. The molecule has 1 aliphatic rings. The molecule has 5 nitrogen and oxygen atoms in total. The largest absolute Gasteiger partial charge is 0.336 e. The Morgan fingerprint density at radius 2 is 2.15 bits per heavy atom. The standard InChI is InChI=1S/C15H26N4O/c1-11-9-13(17-19(11)15(2,3)4)14(20)18-8-6-7-12(10-18)16-5/h9,12,16H,6-8,10H2,1-5H3/t12-/m1/s1. The van der Waals surface area contributed by atoms with Crippen LogP contribution < -0.4 is 5.32 Å². The first-order valence-electron chi connectivity index (χ1n) is 7.36. The predicted octanol–water partition coefficient (Wildman–Crippen LogP) is 1.77. The van der Waals surface area contributed by atoms with Crippen molar-refractivity contribution in [2.45, 2.75) is 52.1 Å². The van der Waals surface area contributed by atoms with Crippen molar-refractivity contribution >= 4 is 5.91 Å². The molecular formula is C15H26N4O. The average molecular weight is 278 g/mol. The molecule has 112 valence electrons. The van der Waals surface area contributed by atoms with E-state index in [4.69, 9.17) is 0 Å². The van der Waals surface area contributed by atoms with Crippen LogP contribution >= 0.6 is 0 Å². The van der Waals surface area contributed by atoms with E-state index < -0.39 is 0 Å². The molecule has 0 spiro atoms. The molecule has 0 saturated carbocycles. The van der Waals surface area contributed by atoms with E-state index >= 15 is 0 Å². The molecule has 0 bridgehead atoms. The summed E-state index contributed by atoms with van der Waals surface area (Å²) in [5.74, 6) is 0.0519. The number of aromatic nitrogens is 2. The first-order chi connectivity index (χ1) is 9.32. The summed E-state index contributed by atoms with van der Waals surface area (Å²) in [7, 11) is 1.96. The van der Waals surface area contributed by atoms with Gasteiger partial charge < -0.3 is 10.2 Å². The average Bonchev–Trinajstić information content (AvgIpc) is 2.80. The van der Waals surface area contributed by atoms with Gasteiger partial charge in [0.25, 0.3) is 5.91 Å². The van der Waals surface area contributed by atoms with Gasteiger partial charge in [-0.2, -0.15) is 5.10 Å². The third-order valence-corrected chi connectivity index (χ3v) is 3.86. The monoisotopic (exact) mass is 278 g/mol. The first-order valence-corrected chi connectivity index (χ1v) is 7.36. The molecule has 2 rings (SSSR count). The SMILES string of the molecule is CN[C@@H]1CCCN(C(=O)c2cc(C)n(C(C)(C)C)n2)C1. The fourth-order valence-corrected chi connectivity index (χ4v) is 2.82. The van der Waals surface area contributed by atoms with Gasteiger partial charge in [-0.25, -0.2) is 0 Å². The van der Waals surface area contributed by atoms with Crippen molar-refractivity contribution in [3.05, 3.63) is 17.5 Å². The molecule has 5 heteroatoms. The molecule has 0 aromatic carbocycles. The number of nitrogens with zero attached hydrogens (tertiary/aromatic N) is 3. The summed E-state index contributed by atoms with van der Waals surface area (Å²) in [6.07, 6.45) is 2.19. The van der Waals surface area contributed by atoms with Crippen molar-refractivity contribution in [3.63, 3.8) is 0 Å². The lowest BCUT2D eigenvalue weighted by Crippen LogP contribution is -2.47. The molecule has 20 heavy (non-hydrogen) atoms. The molecule has 2 heterocycles. The molecule has 0 unspecified atom stereocenters. The van der Waals surface area contributed by atoms with Gasteiger partial charge in [-0.1, -0.05) is 0 Å². The van der Waals surface area contributed by atoms with Gasteiger partial charge in [0.05, 0.1) is 5.54 Å². The van der Waals surface area contributed by atoms with Gasteiger partial charge >= 0.3 is 0 Å². The summed E-state index contributed by atoms with van der Waals surface area (Å²) in [5, 5.41) is 7.77. The van der Waals surface area contributed by atoms with Crippen molar-refractivity contribution in [2.24, 2.45) is 0 Å². The second-order valence-electron chi connectivity index (χ2n) is 6.63. The fraction of sp³-hybridized carbons (Fsp3) is 0.733. The highest BCUT2D eigenvalue weighted by molar-refractivity contribution is 5.92. The van der Waals surface area contributed by atoms with Gasteiger partial charge in [-0.15, -0.1) is 0 Å². The number of carbonyl (C=O) groups is 1. The Labute approximate surface area is 121 Å².